The second-order valence-electron chi connectivity index (χ2n) is 9.43. The number of halogens is 1. The summed E-state index contributed by atoms with van der Waals surface area (Å²) in [5.74, 6) is 2.78. The lowest BCUT2D eigenvalue weighted by Gasteiger charge is -2.32. The zero-order chi connectivity index (χ0) is 25.2. The molecule has 2 aromatic carbocycles. The molecule has 4 aromatic rings. The van der Waals surface area contributed by atoms with E-state index >= 15 is 0 Å². The fourth-order valence-corrected chi connectivity index (χ4v) is 4.84. The van der Waals surface area contributed by atoms with Gasteiger partial charge < -0.3 is 14.6 Å². The molecule has 1 aliphatic carbocycles. The molecule has 0 radical (unpaired) electrons. The first-order valence-corrected chi connectivity index (χ1v) is 12.8. The summed E-state index contributed by atoms with van der Waals surface area (Å²) in [6.45, 7) is 7.25. The van der Waals surface area contributed by atoms with E-state index in [1.807, 2.05) is 50.2 Å². The zero-order valence-electron chi connectivity index (χ0n) is 20.8. The Hall–Kier alpha value is -3.45. The average Bonchev–Trinajstić information content (AvgIpc) is 3.18. The molecule has 36 heavy (non-hydrogen) atoms. The number of rotatable bonds is 9. The molecule has 5 rings (SSSR count). The number of aryl methyl sites for hydroxylation is 1. The van der Waals surface area contributed by atoms with Crippen molar-refractivity contribution in [2.75, 3.05) is 11.9 Å². The first-order valence-electron chi connectivity index (χ1n) is 12.4. The van der Waals surface area contributed by atoms with Crippen LogP contribution >= 0.6 is 11.6 Å². The van der Waals surface area contributed by atoms with Crippen LogP contribution in [0, 0.1) is 12.8 Å². The highest BCUT2D eigenvalue weighted by Crippen LogP contribution is 2.36. The van der Waals surface area contributed by atoms with E-state index in [0.717, 1.165) is 28.0 Å². The Morgan fingerprint density at radius 1 is 1.17 bits per heavy atom. The van der Waals surface area contributed by atoms with Crippen molar-refractivity contribution in [3.8, 4) is 17.1 Å². The van der Waals surface area contributed by atoms with E-state index in [2.05, 4.69) is 32.8 Å². The van der Waals surface area contributed by atoms with E-state index in [1.165, 1.54) is 19.3 Å². The average molecular weight is 504 g/mol. The molecular weight excluding hydrogens is 474 g/mol. The van der Waals surface area contributed by atoms with Crippen molar-refractivity contribution in [3.05, 3.63) is 64.4 Å². The van der Waals surface area contributed by atoms with Crippen LogP contribution in [0.15, 0.2) is 42.5 Å². The van der Waals surface area contributed by atoms with E-state index in [1.54, 1.807) is 0 Å². The summed E-state index contributed by atoms with van der Waals surface area (Å²) in [4.78, 5) is 25.8. The van der Waals surface area contributed by atoms with Crippen LogP contribution in [-0.2, 0) is 6.54 Å². The summed E-state index contributed by atoms with van der Waals surface area (Å²) >= 11 is 6.15. The minimum absolute atomic E-state index is 0.114. The number of imidazole rings is 1. The lowest BCUT2D eigenvalue weighted by atomic mass is 9.80. The summed E-state index contributed by atoms with van der Waals surface area (Å²) in [6.07, 6.45) is 4.31. The van der Waals surface area contributed by atoms with Gasteiger partial charge in [-0.05, 0) is 69.4 Å². The minimum Gasteiger partial charge on any atom is -0.493 e. The number of nitrogens with one attached hydrogen (secondary N) is 1. The number of aldehydes is 1. The maximum atomic E-state index is 11.7. The van der Waals surface area contributed by atoms with Gasteiger partial charge in [0.05, 0.1) is 12.2 Å². The van der Waals surface area contributed by atoms with Gasteiger partial charge in [0.25, 0.3) is 0 Å². The molecule has 1 fully saturated rings. The van der Waals surface area contributed by atoms with Gasteiger partial charge in [0.1, 0.15) is 17.1 Å². The number of benzene rings is 2. The predicted molar refractivity (Wildman–Crippen MR) is 143 cm³/mol. The highest BCUT2D eigenvalue weighted by molar-refractivity contribution is 6.30. The molecule has 1 saturated carbocycles. The van der Waals surface area contributed by atoms with E-state index in [9.17, 15) is 4.79 Å². The topological polar surface area (TPSA) is 81.9 Å². The van der Waals surface area contributed by atoms with Gasteiger partial charge in [-0.3, -0.25) is 4.79 Å². The Labute approximate surface area is 215 Å². The molecule has 8 heteroatoms. The first kappa shape index (κ1) is 24.3. The maximum absolute atomic E-state index is 11.7. The predicted octanol–water partition coefficient (Wildman–Crippen LogP) is 6.32. The molecule has 0 aliphatic heterocycles. The summed E-state index contributed by atoms with van der Waals surface area (Å²) in [5, 5.41) is 4.27. The summed E-state index contributed by atoms with van der Waals surface area (Å²) in [6, 6.07) is 14.1. The maximum Gasteiger partial charge on any atom is 0.196 e. The Kier molecular flexibility index (Phi) is 6.92. The standard InChI is InChI=1S/C28H30ClN5O2/c1-4-36-23-13-8-17(2)14-22(23)28-33-27-25(34(28)15-19-9-11-21(29)12-10-19)26(31-24(16-35)32-27)30-18(3)20-6-5-7-20/h8-14,16,18,20H,4-7,15H2,1-3H3,(H,30,31,32)/t18-/m1/s1. The van der Waals surface area contributed by atoms with Gasteiger partial charge >= 0.3 is 0 Å². The molecule has 1 atom stereocenters. The normalized spacial score (nSPS) is 14.4. The molecule has 0 unspecified atom stereocenters. The first-order chi connectivity index (χ1) is 17.5. The summed E-state index contributed by atoms with van der Waals surface area (Å²) in [5.41, 5.74) is 4.26. The number of carbonyl (C=O) groups excluding carboxylic acids is 1. The van der Waals surface area contributed by atoms with Crippen LogP contribution in [-0.4, -0.2) is 38.5 Å². The van der Waals surface area contributed by atoms with Crippen LogP contribution in [0.3, 0.4) is 0 Å². The highest BCUT2D eigenvalue weighted by Gasteiger charge is 2.27. The molecule has 1 aliphatic rings. The fourth-order valence-electron chi connectivity index (χ4n) is 4.71. The highest BCUT2D eigenvalue weighted by atomic mass is 35.5. The minimum atomic E-state index is 0.114. The van der Waals surface area contributed by atoms with Gasteiger partial charge in [-0.15, -0.1) is 0 Å². The second-order valence-corrected chi connectivity index (χ2v) is 9.86. The van der Waals surface area contributed by atoms with Crippen molar-refractivity contribution in [2.45, 2.75) is 52.6 Å². The van der Waals surface area contributed by atoms with Crippen LogP contribution in [0.4, 0.5) is 5.82 Å². The van der Waals surface area contributed by atoms with Crippen LogP contribution in [0.5, 0.6) is 5.75 Å². The molecule has 2 heterocycles. The number of aromatic nitrogens is 4. The quantitative estimate of drug-likeness (QED) is 0.269. The Bertz CT molecular complexity index is 1400. The molecule has 0 saturated heterocycles. The van der Waals surface area contributed by atoms with Crippen molar-refractivity contribution < 1.29 is 9.53 Å². The third-order valence-corrected chi connectivity index (χ3v) is 7.13. The van der Waals surface area contributed by atoms with Gasteiger partial charge in [-0.1, -0.05) is 41.8 Å². The Morgan fingerprint density at radius 3 is 2.61 bits per heavy atom. The molecular formula is C28H30ClN5O2. The van der Waals surface area contributed by atoms with E-state index in [0.29, 0.717) is 47.7 Å². The van der Waals surface area contributed by atoms with Gasteiger partial charge in [-0.25, -0.2) is 15.0 Å². The largest absolute Gasteiger partial charge is 0.493 e. The SMILES string of the molecule is CCOc1ccc(C)cc1-c1nc2nc(C=O)nc(N[C@H](C)C3CCC3)c2n1Cc1ccc(Cl)cc1. The van der Waals surface area contributed by atoms with Gasteiger partial charge in [0, 0.05) is 17.6 Å². The number of hydrogen-bond donors (Lipinski definition) is 1. The number of hydrogen-bond acceptors (Lipinski definition) is 6. The monoisotopic (exact) mass is 503 g/mol. The fraction of sp³-hybridized carbons (Fsp3) is 0.357. The third kappa shape index (κ3) is 4.80. The number of anilines is 1. The number of fused-ring (bicyclic) bond motifs is 1. The van der Waals surface area contributed by atoms with E-state index in [-0.39, 0.29) is 11.9 Å². The molecule has 2 aromatic heterocycles. The number of carbonyl (C=O) groups is 1. The van der Waals surface area contributed by atoms with E-state index < -0.39 is 0 Å². The molecule has 0 amide bonds. The van der Waals surface area contributed by atoms with E-state index in [4.69, 9.17) is 21.3 Å². The second kappa shape index (κ2) is 10.3. The number of nitrogens with zero attached hydrogens (tertiary/aromatic N) is 4. The Balaban J connectivity index is 1.73. The molecule has 1 N–H and O–H groups in total. The van der Waals surface area contributed by atoms with Crippen LogP contribution in [0.1, 0.15) is 54.9 Å². The molecule has 7 nitrogen and oxygen atoms in total. The van der Waals surface area contributed by atoms with Crippen molar-refractivity contribution in [1.29, 1.82) is 0 Å². The van der Waals surface area contributed by atoms with Gasteiger partial charge in [-0.2, -0.15) is 0 Å². The van der Waals surface area contributed by atoms with Gasteiger partial charge in [0.15, 0.2) is 23.6 Å². The summed E-state index contributed by atoms with van der Waals surface area (Å²) < 4.78 is 8.09. The zero-order valence-corrected chi connectivity index (χ0v) is 21.5. The molecule has 186 valence electrons. The van der Waals surface area contributed by atoms with Crippen LogP contribution in [0.2, 0.25) is 5.02 Å². The Morgan fingerprint density at radius 2 is 1.94 bits per heavy atom. The van der Waals surface area contributed by atoms with Crippen LogP contribution in [0.25, 0.3) is 22.6 Å². The lowest BCUT2D eigenvalue weighted by molar-refractivity contribution is 0.111. The molecule has 0 bridgehead atoms. The summed E-state index contributed by atoms with van der Waals surface area (Å²) in [7, 11) is 0. The van der Waals surface area contributed by atoms with Crippen molar-refractivity contribution in [3.63, 3.8) is 0 Å². The number of ether oxygens (including phenoxy) is 1. The van der Waals surface area contributed by atoms with Crippen molar-refractivity contribution in [1.82, 2.24) is 19.5 Å². The van der Waals surface area contributed by atoms with Gasteiger partial charge in [0.2, 0.25) is 0 Å². The lowest BCUT2D eigenvalue weighted by Crippen LogP contribution is -2.31. The van der Waals surface area contributed by atoms with Crippen molar-refractivity contribution >= 4 is 34.9 Å². The van der Waals surface area contributed by atoms with Crippen molar-refractivity contribution in [2.24, 2.45) is 5.92 Å². The smallest absolute Gasteiger partial charge is 0.196 e. The third-order valence-electron chi connectivity index (χ3n) is 6.88. The van der Waals surface area contributed by atoms with Crippen LogP contribution < -0.4 is 10.1 Å². The molecule has 0 spiro atoms.